The molecule has 1 aliphatic rings. The summed E-state index contributed by atoms with van der Waals surface area (Å²) in [5, 5.41) is 0. The smallest absolute Gasteiger partial charge is 0.0600 e. The number of ether oxygens (including phenoxy) is 1. The van der Waals surface area contributed by atoms with Crippen LogP contribution in [-0.2, 0) is 4.74 Å². The highest BCUT2D eigenvalue weighted by molar-refractivity contribution is 4.74. The van der Waals surface area contributed by atoms with Gasteiger partial charge in [0.1, 0.15) is 0 Å². The molecule has 1 saturated carbocycles. The average molecular weight is 156 g/mol. The molecule has 0 aliphatic heterocycles. The Labute approximate surface area is 70.1 Å². The number of hydrogen-bond donors (Lipinski definition) is 0. The highest BCUT2D eigenvalue weighted by Crippen LogP contribution is 2.27. The largest absolute Gasteiger partial charge is 0.378 e. The van der Waals surface area contributed by atoms with Crippen molar-refractivity contribution in [2.75, 3.05) is 6.61 Å². The van der Waals surface area contributed by atoms with E-state index in [0.717, 1.165) is 12.5 Å². The lowest BCUT2D eigenvalue weighted by atomic mass is 10.1. The van der Waals surface area contributed by atoms with Crippen LogP contribution < -0.4 is 0 Å². The zero-order chi connectivity index (χ0) is 8.10. The Bertz CT molecular complexity index is 101. The SMILES string of the molecule is CCCCOC1CCCC1C. The second kappa shape index (κ2) is 4.76. The molecule has 0 bridgehead atoms. The zero-order valence-corrected chi connectivity index (χ0v) is 7.81. The van der Waals surface area contributed by atoms with E-state index < -0.39 is 0 Å². The van der Waals surface area contributed by atoms with Crippen molar-refractivity contribution in [2.24, 2.45) is 5.92 Å². The van der Waals surface area contributed by atoms with Crippen LogP contribution in [0.5, 0.6) is 0 Å². The molecule has 0 heterocycles. The summed E-state index contributed by atoms with van der Waals surface area (Å²) in [7, 11) is 0. The van der Waals surface area contributed by atoms with Gasteiger partial charge in [0.15, 0.2) is 0 Å². The van der Waals surface area contributed by atoms with Crippen molar-refractivity contribution >= 4 is 0 Å². The maximum Gasteiger partial charge on any atom is 0.0600 e. The molecule has 1 nitrogen and oxygen atoms in total. The summed E-state index contributed by atoms with van der Waals surface area (Å²) in [4.78, 5) is 0. The van der Waals surface area contributed by atoms with E-state index in [-0.39, 0.29) is 0 Å². The molecule has 0 aromatic rings. The van der Waals surface area contributed by atoms with E-state index in [9.17, 15) is 0 Å². The minimum atomic E-state index is 0.585. The third-order valence-electron chi connectivity index (χ3n) is 2.61. The maximum absolute atomic E-state index is 5.76. The van der Waals surface area contributed by atoms with Crippen LogP contribution >= 0.6 is 0 Å². The first-order valence-corrected chi connectivity index (χ1v) is 4.96. The standard InChI is InChI=1S/C10H20O/c1-3-4-8-11-10-7-5-6-9(10)2/h9-10H,3-8H2,1-2H3. The molecule has 0 aromatic carbocycles. The van der Waals surface area contributed by atoms with Crippen molar-refractivity contribution in [1.82, 2.24) is 0 Å². The van der Waals surface area contributed by atoms with E-state index in [2.05, 4.69) is 13.8 Å². The molecule has 1 fully saturated rings. The molecule has 11 heavy (non-hydrogen) atoms. The Hall–Kier alpha value is -0.0400. The van der Waals surface area contributed by atoms with E-state index in [1.165, 1.54) is 32.1 Å². The number of hydrogen-bond acceptors (Lipinski definition) is 1. The Morgan fingerprint density at radius 3 is 2.73 bits per heavy atom. The fourth-order valence-corrected chi connectivity index (χ4v) is 1.74. The Morgan fingerprint density at radius 1 is 1.36 bits per heavy atom. The van der Waals surface area contributed by atoms with Crippen molar-refractivity contribution in [3.63, 3.8) is 0 Å². The Kier molecular flexibility index (Phi) is 3.92. The van der Waals surface area contributed by atoms with Gasteiger partial charge in [0.25, 0.3) is 0 Å². The second-order valence-corrected chi connectivity index (χ2v) is 3.67. The van der Waals surface area contributed by atoms with Crippen molar-refractivity contribution in [1.29, 1.82) is 0 Å². The van der Waals surface area contributed by atoms with Crippen LogP contribution in [0.1, 0.15) is 46.0 Å². The van der Waals surface area contributed by atoms with E-state index in [0.29, 0.717) is 6.10 Å². The molecule has 66 valence electrons. The summed E-state index contributed by atoms with van der Waals surface area (Å²) in [5.74, 6) is 0.812. The highest BCUT2D eigenvalue weighted by Gasteiger charge is 2.23. The van der Waals surface area contributed by atoms with Gasteiger partial charge in [-0.05, 0) is 25.2 Å². The van der Waals surface area contributed by atoms with Gasteiger partial charge in [-0.15, -0.1) is 0 Å². The van der Waals surface area contributed by atoms with Crippen molar-refractivity contribution in [3.05, 3.63) is 0 Å². The molecule has 2 atom stereocenters. The van der Waals surface area contributed by atoms with Gasteiger partial charge >= 0.3 is 0 Å². The third-order valence-corrected chi connectivity index (χ3v) is 2.61. The molecule has 0 N–H and O–H groups in total. The fourth-order valence-electron chi connectivity index (χ4n) is 1.74. The summed E-state index contributed by atoms with van der Waals surface area (Å²) >= 11 is 0. The van der Waals surface area contributed by atoms with E-state index in [4.69, 9.17) is 4.74 Å². The predicted octanol–water partition coefficient (Wildman–Crippen LogP) is 2.99. The molecule has 0 saturated heterocycles. The van der Waals surface area contributed by atoms with Gasteiger partial charge in [-0.25, -0.2) is 0 Å². The highest BCUT2D eigenvalue weighted by atomic mass is 16.5. The Balaban J connectivity index is 2.05. The second-order valence-electron chi connectivity index (χ2n) is 3.67. The third kappa shape index (κ3) is 2.82. The lowest BCUT2D eigenvalue weighted by molar-refractivity contribution is 0.0311. The normalized spacial score (nSPS) is 31.1. The van der Waals surface area contributed by atoms with Gasteiger partial charge in [-0.2, -0.15) is 0 Å². The monoisotopic (exact) mass is 156 g/mol. The Morgan fingerprint density at radius 2 is 2.18 bits per heavy atom. The van der Waals surface area contributed by atoms with Crippen molar-refractivity contribution in [3.8, 4) is 0 Å². The molecule has 1 rings (SSSR count). The fraction of sp³-hybridized carbons (Fsp3) is 1.00. The molecule has 1 heteroatoms. The van der Waals surface area contributed by atoms with Gasteiger partial charge in [0, 0.05) is 6.61 Å². The molecule has 0 radical (unpaired) electrons. The topological polar surface area (TPSA) is 9.23 Å². The number of rotatable bonds is 4. The molecule has 0 aromatic heterocycles. The molecular weight excluding hydrogens is 136 g/mol. The maximum atomic E-state index is 5.76. The average Bonchev–Trinajstić information content (AvgIpc) is 2.37. The molecule has 0 spiro atoms. The summed E-state index contributed by atoms with van der Waals surface area (Å²) in [6.07, 6.45) is 7.10. The lowest BCUT2D eigenvalue weighted by Crippen LogP contribution is -2.16. The van der Waals surface area contributed by atoms with Gasteiger partial charge < -0.3 is 4.74 Å². The van der Waals surface area contributed by atoms with Crippen molar-refractivity contribution in [2.45, 2.75) is 52.1 Å². The van der Waals surface area contributed by atoms with Crippen molar-refractivity contribution < 1.29 is 4.74 Å². The molecule has 2 unspecified atom stereocenters. The van der Waals surface area contributed by atoms with Gasteiger partial charge in [-0.1, -0.05) is 26.7 Å². The summed E-state index contributed by atoms with van der Waals surface area (Å²) in [5.41, 5.74) is 0. The first-order chi connectivity index (χ1) is 5.34. The van der Waals surface area contributed by atoms with Crippen LogP contribution in [0, 0.1) is 5.92 Å². The first-order valence-electron chi connectivity index (χ1n) is 4.96. The summed E-state index contributed by atoms with van der Waals surface area (Å²) < 4.78 is 5.76. The lowest BCUT2D eigenvalue weighted by Gasteiger charge is -2.15. The zero-order valence-electron chi connectivity index (χ0n) is 7.81. The summed E-state index contributed by atoms with van der Waals surface area (Å²) in [6.45, 7) is 5.50. The van der Waals surface area contributed by atoms with Crippen LogP contribution in [0.2, 0.25) is 0 Å². The van der Waals surface area contributed by atoms with Gasteiger partial charge in [0.05, 0.1) is 6.10 Å². The van der Waals surface area contributed by atoms with E-state index in [1.54, 1.807) is 0 Å². The molecular formula is C10H20O. The van der Waals surface area contributed by atoms with Crippen LogP contribution in [0.3, 0.4) is 0 Å². The minimum Gasteiger partial charge on any atom is -0.378 e. The minimum absolute atomic E-state index is 0.585. The number of unbranched alkanes of at least 4 members (excludes halogenated alkanes) is 1. The molecule has 1 aliphatic carbocycles. The van der Waals surface area contributed by atoms with Gasteiger partial charge in [0.2, 0.25) is 0 Å². The van der Waals surface area contributed by atoms with Gasteiger partial charge in [-0.3, -0.25) is 0 Å². The summed E-state index contributed by atoms with van der Waals surface area (Å²) in [6, 6.07) is 0. The van der Waals surface area contributed by atoms with E-state index >= 15 is 0 Å². The first kappa shape index (κ1) is 9.05. The quantitative estimate of drug-likeness (QED) is 0.568. The van der Waals surface area contributed by atoms with Crippen LogP contribution in [0.4, 0.5) is 0 Å². The van der Waals surface area contributed by atoms with E-state index in [1.807, 2.05) is 0 Å². The van der Waals surface area contributed by atoms with Crippen LogP contribution in [0.25, 0.3) is 0 Å². The molecule has 0 amide bonds. The van der Waals surface area contributed by atoms with Crippen LogP contribution in [-0.4, -0.2) is 12.7 Å². The predicted molar refractivity (Wildman–Crippen MR) is 47.7 cm³/mol. The van der Waals surface area contributed by atoms with Crippen LogP contribution in [0.15, 0.2) is 0 Å².